The second-order valence-electron chi connectivity index (χ2n) is 4.49. The monoisotopic (exact) mass is 223 g/mol. The van der Waals surface area contributed by atoms with Crippen molar-refractivity contribution < 1.29 is 10.2 Å². The molecule has 3 nitrogen and oxygen atoms in total. The average Bonchev–Trinajstić information content (AvgIpc) is 2.28. The molecule has 3 heteroatoms. The Morgan fingerprint density at radius 3 is 2.62 bits per heavy atom. The molecule has 0 aromatic heterocycles. The number of benzene rings is 1. The first-order valence-electron chi connectivity index (χ1n) is 5.70. The summed E-state index contributed by atoms with van der Waals surface area (Å²) in [6.07, 6.45) is 0.994. The van der Waals surface area contributed by atoms with E-state index in [2.05, 4.69) is 19.2 Å². The smallest absolute Gasteiger partial charge is 0.115 e. The van der Waals surface area contributed by atoms with Gasteiger partial charge < -0.3 is 15.5 Å². The molecule has 2 unspecified atom stereocenters. The van der Waals surface area contributed by atoms with Crippen LogP contribution < -0.4 is 5.32 Å². The predicted octanol–water partition coefficient (Wildman–Crippen LogP) is 1.99. The van der Waals surface area contributed by atoms with Gasteiger partial charge in [-0.2, -0.15) is 0 Å². The molecule has 0 heterocycles. The van der Waals surface area contributed by atoms with Crippen LogP contribution >= 0.6 is 0 Å². The molecular formula is C13H21NO2. The molecular weight excluding hydrogens is 202 g/mol. The van der Waals surface area contributed by atoms with Crippen LogP contribution in [0.15, 0.2) is 24.3 Å². The Kier molecular flexibility index (Phi) is 4.33. The molecule has 0 amide bonds. The fraction of sp³-hybridized carbons (Fsp3) is 0.538. The number of phenols is 1. The standard InChI is InChI=1S/C13H21NO2/c1-4-10(2)14-13(3,9-15)11-6-5-7-12(16)8-11/h5-8,10,14-16H,4,9H2,1-3H3. The Bertz CT molecular complexity index is 340. The van der Waals surface area contributed by atoms with Crippen LogP contribution in [0.1, 0.15) is 32.8 Å². The van der Waals surface area contributed by atoms with E-state index in [0.717, 1.165) is 12.0 Å². The lowest BCUT2D eigenvalue weighted by Gasteiger charge is -2.32. The lowest BCUT2D eigenvalue weighted by atomic mass is 9.91. The lowest BCUT2D eigenvalue weighted by molar-refractivity contribution is 0.162. The second-order valence-corrected chi connectivity index (χ2v) is 4.49. The molecule has 1 rings (SSSR count). The Labute approximate surface area is 97.1 Å². The largest absolute Gasteiger partial charge is 0.508 e. The van der Waals surface area contributed by atoms with Gasteiger partial charge in [0.05, 0.1) is 12.1 Å². The summed E-state index contributed by atoms with van der Waals surface area (Å²) >= 11 is 0. The number of aromatic hydroxyl groups is 1. The molecule has 1 aromatic carbocycles. The fourth-order valence-electron chi connectivity index (χ4n) is 1.72. The van der Waals surface area contributed by atoms with Gasteiger partial charge in [0.25, 0.3) is 0 Å². The van der Waals surface area contributed by atoms with E-state index in [1.165, 1.54) is 0 Å². The fourth-order valence-corrected chi connectivity index (χ4v) is 1.72. The van der Waals surface area contributed by atoms with Crippen LogP contribution in [0.25, 0.3) is 0 Å². The van der Waals surface area contributed by atoms with Crippen molar-refractivity contribution in [2.24, 2.45) is 0 Å². The summed E-state index contributed by atoms with van der Waals surface area (Å²) in [5.74, 6) is 0.225. The number of nitrogens with one attached hydrogen (secondary N) is 1. The first kappa shape index (κ1) is 13.0. The summed E-state index contributed by atoms with van der Waals surface area (Å²) in [6, 6.07) is 7.33. The summed E-state index contributed by atoms with van der Waals surface area (Å²) in [6.45, 7) is 6.11. The first-order valence-corrected chi connectivity index (χ1v) is 5.70. The van der Waals surface area contributed by atoms with Crippen LogP contribution in [0.5, 0.6) is 5.75 Å². The molecule has 16 heavy (non-hydrogen) atoms. The molecule has 0 aliphatic heterocycles. The minimum absolute atomic E-state index is 0.000787. The van der Waals surface area contributed by atoms with Gasteiger partial charge in [-0.05, 0) is 38.0 Å². The van der Waals surface area contributed by atoms with Crippen LogP contribution in [0, 0.1) is 0 Å². The van der Waals surface area contributed by atoms with Gasteiger partial charge in [-0.3, -0.25) is 0 Å². The normalized spacial score (nSPS) is 16.8. The van der Waals surface area contributed by atoms with Crippen LogP contribution in [0.4, 0.5) is 0 Å². The van der Waals surface area contributed by atoms with Crippen LogP contribution in [0.3, 0.4) is 0 Å². The van der Waals surface area contributed by atoms with E-state index >= 15 is 0 Å². The van der Waals surface area contributed by atoms with Crippen molar-refractivity contribution in [2.45, 2.75) is 38.8 Å². The minimum atomic E-state index is -0.506. The van der Waals surface area contributed by atoms with Crippen molar-refractivity contribution in [1.82, 2.24) is 5.32 Å². The summed E-state index contributed by atoms with van der Waals surface area (Å²) in [7, 11) is 0. The maximum atomic E-state index is 9.53. The van der Waals surface area contributed by atoms with Gasteiger partial charge in [-0.15, -0.1) is 0 Å². The van der Waals surface area contributed by atoms with Crippen molar-refractivity contribution in [3.05, 3.63) is 29.8 Å². The predicted molar refractivity (Wildman–Crippen MR) is 65.4 cm³/mol. The van der Waals surface area contributed by atoms with E-state index in [1.807, 2.05) is 13.0 Å². The summed E-state index contributed by atoms with van der Waals surface area (Å²) < 4.78 is 0. The highest BCUT2D eigenvalue weighted by Crippen LogP contribution is 2.24. The van der Waals surface area contributed by atoms with Gasteiger partial charge in [0.15, 0.2) is 0 Å². The van der Waals surface area contributed by atoms with Gasteiger partial charge in [0.1, 0.15) is 5.75 Å². The number of hydrogen-bond donors (Lipinski definition) is 3. The van der Waals surface area contributed by atoms with Gasteiger partial charge in [-0.1, -0.05) is 19.1 Å². The number of aliphatic hydroxyl groups is 1. The van der Waals surface area contributed by atoms with Gasteiger partial charge >= 0.3 is 0 Å². The van der Waals surface area contributed by atoms with Gasteiger partial charge in [-0.25, -0.2) is 0 Å². The third kappa shape index (κ3) is 2.97. The molecule has 0 radical (unpaired) electrons. The summed E-state index contributed by atoms with van der Waals surface area (Å²) in [5.41, 5.74) is 0.393. The highest BCUT2D eigenvalue weighted by atomic mass is 16.3. The molecule has 3 N–H and O–H groups in total. The molecule has 0 aliphatic carbocycles. The van der Waals surface area contributed by atoms with E-state index in [1.54, 1.807) is 18.2 Å². The zero-order valence-electron chi connectivity index (χ0n) is 10.2. The molecule has 2 atom stereocenters. The van der Waals surface area contributed by atoms with Gasteiger partial charge in [0.2, 0.25) is 0 Å². The van der Waals surface area contributed by atoms with Crippen molar-refractivity contribution in [3.63, 3.8) is 0 Å². The maximum Gasteiger partial charge on any atom is 0.115 e. The zero-order valence-corrected chi connectivity index (χ0v) is 10.2. The Balaban J connectivity index is 2.95. The van der Waals surface area contributed by atoms with E-state index in [9.17, 15) is 10.2 Å². The average molecular weight is 223 g/mol. The van der Waals surface area contributed by atoms with Crippen molar-refractivity contribution >= 4 is 0 Å². The van der Waals surface area contributed by atoms with E-state index in [0.29, 0.717) is 6.04 Å². The molecule has 0 saturated heterocycles. The summed E-state index contributed by atoms with van der Waals surface area (Å²) in [4.78, 5) is 0. The molecule has 0 aliphatic rings. The van der Waals surface area contributed by atoms with Crippen LogP contribution in [-0.4, -0.2) is 22.9 Å². The molecule has 0 spiro atoms. The third-order valence-corrected chi connectivity index (χ3v) is 2.98. The van der Waals surface area contributed by atoms with Gasteiger partial charge in [0, 0.05) is 6.04 Å². The van der Waals surface area contributed by atoms with Crippen molar-refractivity contribution in [3.8, 4) is 5.75 Å². The second kappa shape index (κ2) is 5.32. The molecule has 90 valence electrons. The Morgan fingerprint density at radius 2 is 2.12 bits per heavy atom. The number of aliphatic hydroxyl groups excluding tert-OH is 1. The van der Waals surface area contributed by atoms with Crippen molar-refractivity contribution in [2.75, 3.05) is 6.61 Å². The molecule has 0 bridgehead atoms. The highest BCUT2D eigenvalue weighted by molar-refractivity contribution is 5.32. The quantitative estimate of drug-likeness (QED) is 0.715. The van der Waals surface area contributed by atoms with E-state index in [-0.39, 0.29) is 12.4 Å². The third-order valence-electron chi connectivity index (χ3n) is 2.98. The Hall–Kier alpha value is -1.06. The number of rotatable bonds is 5. The molecule has 0 fully saturated rings. The van der Waals surface area contributed by atoms with E-state index < -0.39 is 5.54 Å². The highest BCUT2D eigenvalue weighted by Gasteiger charge is 2.26. The van der Waals surface area contributed by atoms with Crippen LogP contribution in [-0.2, 0) is 5.54 Å². The topological polar surface area (TPSA) is 52.5 Å². The molecule has 0 saturated carbocycles. The molecule has 1 aromatic rings. The SMILES string of the molecule is CCC(C)NC(C)(CO)c1cccc(O)c1. The number of hydrogen-bond acceptors (Lipinski definition) is 3. The lowest BCUT2D eigenvalue weighted by Crippen LogP contribution is -2.47. The maximum absolute atomic E-state index is 9.53. The number of phenolic OH excluding ortho intramolecular Hbond substituents is 1. The minimum Gasteiger partial charge on any atom is -0.508 e. The Morgan fingerprint density at radius 1 is 1.44 bits per heavy atom. The van der Waals surface area contributed by atoms with E-state index in [4.69, 9.17) is 0 Å². The van der Waals surface area contributed by atoms with Crippen molar-refractivity contribution in [1.29, 1.82) is 0 Å². The zero-order chi connectivity index (χ0) is 12.2. The summed E-state index contributed by atoms with van der Waals surface area (Å²) in [5, 5.41) is 22.4. The van der Waals surface area contributed by atoms with Crippen LogP contribution in [0.2, 0.25) is 0 Å². The first-order chi connectivity index (χ1) is 7.51.